The van der Waals surface area contributed by atoms with Gasteiger partial charge in [-0.3, -0.25) is 4.68 Å². The Hall–Kier alpha value is -1.95. The Morgan fingerprint density at radius 3 is 2.75 bits per heavy atom. The van der Waals surface area contributed by atoms with Crippen molar-refractivity contribution in [1.82, 2.24) is 25.1 Å². The molecule has 0 aliphatic rings. The average Bonchev–Trinajstić information content (AvgIpc) is 2.77. The van der Waals surface area contributed by atoms with E-state index in [1.807, 2.05) is 19.1 Å². The normalized spacial score (nSPS) is 11.1. The fourth-order valence-electron chi connectivity index (χ4n) is 1.77. The number of rotatable bonds is 6. The number of nitrogens with one attached hydrogen (secondary N) is 1. The smallest absolute Gasteiger partial charge is 0.342 e. The van der Waals surface area contributed by atoms with Gasteiger partial charge < -0.3 is 10.1 Å². The Balaban J connectivity index is 1.98. The van der Waals surface area contributed by atoms with Crippen LogP contribution in [0.2, 0.25) is 0 Å². The molecule has 6 heteroatoms. The van der Waals surface area contributed by atoms with E-state index in [4.69, 9.17) is 4.74 Å². The molecule has 0 radical (unpaired) electrons. The van der Waals surface area contributed by atoms with Crippen molar-refractivity contribution in [2.45, 2.75) is 27.3 Å². The van der Waals surface area contributed by atoms with E-state index in [1.54, 1.807) is 18.1 Å². The lowest BCUT2D eigenvalue weighted by Crippen LogP contribution is -2.19. The minimum Gasteiger partial charge on any atom is -0.404 e. The van der Waals surface area contributed by atoms with Gasteiger partial charge in [0.15, 0.2) is 0 Å². The minimum atomic E-state index is 0.310. The van der Waals surface area contributed by atoms with E-state index >= 15 is 0 Å². The monoisotopic (exact) mass is 275 g/mol. The third-order valence-corrected chi connectivity index (χ3v) is 2.81. The van der Waals surface area contributed by atoms with E-state index in [0.717, 1.165) is 18.8 Å². The molecule has 0 atom stereocenters. The highest BCUT2D eigenvalue weighted by atomic mass is 16.5. The first-order valence-corrected chi connectivity index (χ1v) is 6.75. The summed E-state index contributed by atoms with van der Waals surface area (Å²) < 4.78 is 7.09. The van der Waals surface area contributed by atoms with Crippen LogP contribution in [0.1, 0.15) is 25.1 Å². The summed E-state index contributed by atoms with van der Waals surface area (Å²) >= 11 is 0. The first kappa shape index (κ1) is 14.5. The first-order chi connectivity index (χ1) is 9.54. The zero-order valence-electron chi connectivity index (χ0n) is 12.4. The summed E-state index contributed by atoms with van der Waals surface area (Å²) in [5.41, 5.74) is 2.13. The second-order valence-electron chi connectivity index (χ2n) is 5.22. The summed E-state index contributed by atoms with van der Waals surface area (Å²) in [7, 11) is 1.79. The molecule has 0 aromatic carbocycles. The Bertz CT molecular complexity index is 564. The molecule has 0 spiro atoms. The molecule has 6 nitrogen and oxygen atoms in total. The van der Waals surface area contributed by atoms with Crippen LogP contribution in [0, 0.1) is 12.8 Å². The van der Waals surface area contributed by atoms with E-state index < -0.39 is 0 Å². The Morgan fingerprint density at radius 2 is 2.15 bits per heavy atom. The Labute approximate surface area is 119 Å². The lowest BCUT2D eigenvalue weighted by atomic mass is 10.2. The third kappa shape index (κ3) is 4.03. The highest BCUT2D eigenvalue weighted by Gasteiger charge is 2.06. The molecule has 0 amide bonds. The molecule has 0 unspecified atom stereocenters. The van der Waals surface area contributed by atoms with Gasteiger partial charge in [-0.2, -0.15) is 4.98 Å². The number of nitrogens with zero attached hydrogens (tertiary/aromatic N) is 4. The van der Waals surface area contributed by atoms with Gasteiger partial charge in [-0.15, -0.1) is 5.10 Å². The van der Waals surface area contributed by atoms with Gasteiger partial charge in [-0.05, 0) is 24.9 Å². The molecule has 2 aromatic heterocycles. The highest BCUT2D eigenvalue weighted by Crippen LogP contribution is 2.17. The lowest BCUT2D eigenvalue weighted by Gasteiger charge is -2.10. The van der Waals surface area contributed by atoms with Gasteiger partial charge in [0.1, 0.15) is 6.33 Å². The summed E-state index contributed by atoms with van der Waals surface area (Å²) in [6.07, 6.45) is 1.59. The fraction of sp³-hybridized carbons (Fsp3) is 0.500. The van der Waals surface area contributed by atoms with Crippen LogP contribution in [0.15, 0.2) is 18.5 Å². The summed E-state index contributed by atoms with van der Waals surface area (Å²) in [4.78, 5) is 8.43. The molecule has 0 saturated carbocycles. The van der Waals surface area contributed by atoms with Gasteiger partial charge in [-0.25, -0.2) is 4.98 Å². The molecule has 0 saturated heterocycles. The molecule has 0 bridgehead atoms. The molecule has 0 aliphatic carbocycles. The number of pyridine rings is 1. The average molecular weight is 275 g/mol. The van der Waals surface area contributed by atoms with Crippen molar-refractivity contribution >= 4 is 0 Å². The molecule has 0 aliphatic heterocycles. The Kier molecular flexibility index (Phi) is 4.68. The first-order valence-electron chi connectivity index (χ1n) is 6.75. The van der Waals surface area contributed by atoms with Crippen LogP contribution in [0.3, 0.4) is 0 Å². The zero-order chi connectivity index (χ0) is 14.5. The van der Waals surface area contributed by atoms with Crippen LogP contribution in [0.25, 0.3) is 0 Å². The van der Waals surface area contributed by atoms with Crippen LogP contribution < -0.4 is 10.1 Å². The van der Waals surface area contributed by atoms with Crippen LogP contribution in [-0.2, 0) is 13.6 Å². The van der Waals surface area contributed by atoms with Crippen molar-refractivity contribution < 1.29 is 4.74 Å². The highest BCUT2D eigenvalue weighted by molar-refractivity contribution is 5.26. The van der Waals surface area contributed by atoms with E-state index in [9.17, 15) is 0 Å². The summed E-state index contributed by atoms with van der Waals surface area (Å²) in [6, 6.07) is 4.18. The molecule has 2 rings (SSSR count). The maximum atomic E-state index is 5.50. The largest absolute Gasteiger partial charge is 0.404 e. The quantitative estimate of drug-likeness (QED) is 0.874. The van der Waals surface area contributed by atoms with Crippen molar-refractivity contribution in [3.8, 4) is 11.9 Å². The summed E-state index contributed by atoms with van der Waals surface area (Å²) in [6.45, 7) is 8.17. The molecule has 108 valence electrons. The van der Waals surface area contributed by atoms with Gasteiger partial charge in [0.25, 0.3) is 0 Å². The predicted octanol–water partition coefficient (Wildman–Crippen LogP) is 2.06. The second-order valence-corrected chi connectivity index (χ2v) is 5.22. The zero-order valence-corrected chi connectivity index (χ0v) is 12.4. The number of aryl methyl sites for hydroxylation is 2. The Morgan fingerprint density at radius 1 is 1.35 bits per heavy atom. The maximum absolute atomic E-state index is 5.50. The molecular formula is C14H21N5O. The second kappa shape index (κ2) is 6.47. The van der Waals surface area contributed by atoms with E-state index in [2.05, 4.69) is 34.2 Å². The van der Waals surface area contributed by atoms with Gasteiger partial charge in [0.2, 0.25) is 5.88 Å². The minimum absolute atomic E-state index is 0.310. The summed E-state index contributed by atoms with van der Waals surface area (Å²) in [5.74, 6) is 1.16. The van der Waals surface area contributed by atoms with Crippen LogP contribution in [0.4, 0.5) is 0 Å². The summed E-state index contributed by atoms with van der Waals surface area (Å²) in [5, 5.41) is 7.46. The number of aromatic nitrogens is 4. The molecule has 1 N–H and O–H groups in total. The van der Waals surface area contributed by atoms with Gasteiger partial charge in [-0.1, -0.05) is 19.9 Å². The molecule has 2 heterocycles. The van der Waals surface area contributed by atoms with Crippen molar-refractivity contribution in [3.05, 3.63) is 29.7 Å². The van der Waals surface area contributed by atoms with E-state index in [-0.39, 0.29) is 0 Å². The van der Waals surface area contributed by atoms with Crippen molar-refractivity contribution in [2.75, 3.05) is 6.54 Å². The lowest BCUT2D eigenvalue weighted by molar-refractivity contribution is 0.421. The standard InChI is InChI=1S/C14H21N5O/c1-10(2)7-15-8-12-5-6-13(17-11(12)3)20-14-16-9-19(4)18-14/h5-6,9-10,15H,7-8H2,1-4H3. The van der Waals surface area contributed by atoms with Gasteiger partial charge >= 0.3 is 6.01 Å². The molecule has 2 aromatic rings. The topological polar surface area (TPSA) is 64.9 Å². The van der Waals surface area contributed by atoms with E-state index in [1.165, 1.54) is 5.56 Å². The van der Waals surface area contributed by atoms with Crippen LogP contribution >= 0.6 is 0 Å². The van der Waals surface area contributed by atoms with Gasteiger partial charge in [0.05, 0.1) is 0 Å². The molecular weight excluding hydrogens is 254 g/mol. The number of hydrogen-bond acceptors (Lipinski definition) is 5. The number of ether oxygens (including phenoxy) is 1. The maximum Gasteiger partial charge on any atom is 0.342 e. The fourth-order valence-corrected chi connectivity index (χ4v) is 1.77. The molecule has 0 fully saturated rings. The van der Waals surface area contributed by atoms with Crippen molar-refractivity contribution in [3.63, 3.8) is 0 Å². The van der Waals surface area contributed by atoms with Crippen molar-refractivity contribution in [2.24, 2.45) is 13.0 Å². The number of hydrogen-bond donors (Lipinski definition) is 1. The predicted molar refractivity (Wildman–Crippen MR) is 76.6 cm³/mol. The van der Waals surface area contributed by atoms with Crippen LogP contribution in [0.5, 0.6) is 11.9 Å². The van der Waals surface area contributed by atoms with Crippen LogP contribution in [-0.4, -0.2) is 26.3 Å². The SMILES string of the molecule is Cc1nc(Oc2ncn(C)n2)ccc1CNCC(C)C. The van der Waals surface area contributed by atoms with E-state index in [0.29, 0.717) is 17.8 Å². The molecule has 20 heavy (non-hydrogen) atoms. The van der Waals surface area contributed by atoms with Gasteiger partial charge in [0, 0.05) is 25.4 Å². The van der Waals surface area contributed by atoms with Crippen molar-refractivity contribution in [1.29, 1.82) is 0 Å². The third-order valence-electron chi connectivity index (χ3n) is 2.81.